The average molecular weight is 269 g/mol. The number of hydrogen-bond acceptors (Lipinski definition) is 4. The molecule has 0 spiro atoms. The lowest BCUT2D eigenvalue weighted by Crippen LogP contribution is -2.24. The van der Waals surface area contributed by atoms with Gasteiger partial charge in [0.25, 0.3) is 0 Å². The van der Waals surface area contributed by atoms with Crippen LogP contribution >= 0.6 is 11.3 Å². The lowest BCUT2D eigenvalue weighted by molar-refractivity contribution is -0.121. The van der Waals surface area contributed by atoms with E-state index in [1.165, 1.54) is 0 Å². The third-order valence-corrected chi connectivity index (χ3v) is 3.92. The summed E-state index contributed by atoms with van der Waals surface area (Å²) in [6, 6.07) is 0. The number of carbonyl (C=O) groups excluding carboxylic acids is 1. The third kappa shape index (κ3) is 5.60. The van der Waals surface area contributed by atoms with Crippen molar-refractivity contribution in [2.45, 2.75) is 39.7 Å². The van der Waals surface area contributed by atoms with Crippen LogP contribution in [-0.4, -0.2) is 17.4 Å². The second-order valence-corrected chi connectivity index (χ2v) is 5.80. The molecule has 18 heavy (non-hydrogen) atoms. The molecule has 0 bridgehead atoms. The molecule has 4 nitrogen and oxygen atoms in total. The van der Waals surface area contributed by atoms with Crippen LogP contribution in [0.25, 0.3) is 0 Å². The first-order chi connectivity index (χ1) is 8.63. The van der Waals surface area contributed by atoms with Crippen LogP contribution in [-0.2, 0) is 11.3 Å². The molecule has 5 heteroatoms. The largest absolute Gasteiger partial charge is 0.350 e. The Balaban J connectivity index is 2.23. The zero-order valence-corrected chi connectivity index (χ0v) is 12.0. The number of nitrogens with two attached hydrogens (primary N) is 1. The highest BCUT2D eigenvalue weighted by Crippen LogP contribution is 2.20. The van der Waals surface area contributed by atoms with Crippen LogP contribution in [0.5, 0.6) is 0 Å². The molecule has 0 fully saturated rings. The number of nitrogens with zero attached hydrogens (tertiary/aromatic N) is 1. The summed E-state index contributed by atoms with van der Waals surface area (Å²) in [6.07, 6.45) is 4.24. The van der Waals surface area contributed by atoms with E-state index in [4.69, 9.17) is 5.73 Å². The van der Waals surface area contributed by atoms with Crippen molar-refractivity contribution in [1.29, 1.82) is 0 Å². The van der Waals surface area contributed by atoms with Gasteiger partial charge in [-0.1, -0.05) is 13.8 Å². The summed E-state index contributed by atoms with van der Waals surface area (Å²) in [5.74, 6) is 1.23. The monoisotopic (exact) mass is 269 g/mol. The molecule has 1 atom stereocenters. The van der Waals surface area contributed by atoms with Crippen molar-refractivity contribution < 1.29 is 4.79 Å². The van der Waals surface area contributed by atoms with Crippen LogP contribution in [0, 0.1) is 11.8 Å². The Labute approximate surface area is 113 Å². The van der Waals surface area contributed by atoms with Crippen molar-refractivity contribution in [1.82, 2.24) is 10.3 Å². The Morgan fingerprint density at radius 3 is 2.83 bits per heavy atom. The summed E-state index contributed by atoms with van der Waals surface area (Å²) in [7, 11) is 0. The molecule has 0 radical (unpaired) electrons. The van der Waals surface area contributed by atoms with E-state index < -0.39 is 0 Å². The van der Waals surface area contributed by atoms with Crippen molar-refractivity contribution in [3.8, 4) is 0 Å². The SMILES string of the molecule is CC(C)C(CCN)CCC(=O)NCc1nccs1. The van der Waals surface area contributed by atoms with Crippen LogP contribution in [0.15, 0.2) is 11.6 Å². The number of rotatable bonds is 8. The van der Waals surface area contributed by atoms with Crippen LogP contribution in [0.2, 0.25) is 0 Å². The Kier molecular flexibility index (Phi) is 6.90. The van der Waals surface area contributed by atoms with Crippen LogP contribution in [0.4, 0.5) is 0 Å². The molecular formula is C13H23N3OS. The van der Waals surface area contributed by atoms with Gasteiger partial charge in [0.05, 0.1) is 6.54 Å². The fraction of sp³-hybridized carbons (Fsp3) is 0.692. The van der Waals surface area contributed by atoms with Gasteiger partial charge in [-0.3, -0.25) is 4.79 Å². The smallest absolute Gasteiger partial charge is 0.220 e. The minimum atomic E-state index is 0.105. The number of thiazole rings is 1. The second kappa shape index (κ2) is 8.21. The lowest BCUT2D eigenvalue weighted by atomic mass is 9.88. The lowest BCUT2D eigenvalue weighted by Gasteiger charge is -2.19. The standard InChI is InChI=1S/C13H23N3OS/c1-10(2)11(5-6-14)3-4-12(17)16-9-13-15-7-8-18-13/h7-8,10-11H,3-6,9,14H2,1-2H3,(H,16,17). The Bertz CT molecular complexity index is 338. The summed E-state index contributed by atoms with van der Waals surface area (Å²) in [6.45, 7) is 5.62. The number of amides is 1. The highest BCUT2D eigenvalue weighted by atomic mass is 32.1. The molecule has 1 aromatic heterocycles. The topological polar surface area (TPSA) is 68.0 Å². The van der Waals surface area contributed by atoms with E-state index in [1.807, 2.05) is 5.38 Å². The van der Waals surface area contributed by atoms with Crippen molar-refractivity contribution in [2.75, 3.05) is 6.54 Å². The summed E-state index contributed by atoms with van der Waals surface area (Å²) in [5.41, 5.74) is 5.59. The van der Waals surface area contributed by atoms with Crippen LogP contribution < -0.4 is 11.1 Å². The maximum atomic E-state index is 11.7. The van der Waals surface area contributed by atoms with E-state index in [0.29, 0.717) is 31.3 Å². The quantitative estimate of drug-likeness (QED) is 0.760. The van der Waals surface area contributed by atoms with E-state index in [1.54, 1.807) is 17.5 Å². The Hall–Kier alpha value is -0.940. The molecule has 0 aliphatic rings. The van der Waals surface area contributed by atoms with E-state index >= 15 is 0 Å². The van der Waals surface area contributed by atoms with Gasteiger partial charge in [0.1, 0.15) is 5.01 Å². The van der Waals surface area contributed by atoms with Gasteiger partial charge < -0.3 is 11.1 Å². The van der Waals surface area contributed by atoms with Gasteiger partial charge in [-0.05, 0) is 31.2 Å². The van der Waals surface area contributed by atoms with Gasteiger partial charge in [-0.2, -0.15) is 0 Å². The molecule has 0 aromatic carbocycles. The molecule has 102 valence electrons. The van der Waals surface area contributed by atoms with E-state index in [0.717, 1.165) is 17.8 Å². The zero-order valence-electron chi connectivity index (χ0n) is 11.2. The van der Waals surface area contributed by atoms with Gasteiger partial charge in [-0.15, -0.1) is 11.3 Å². The maximum Gasteiger partial charge on any atom is 0.220 e. The summed E-state index contributed by atoms with van der Waals surface area (Å²) in [4.78, 5) is 15.8. The fourth-order valence-corrected chi connectivity index (χ4v) is 2.50. The highest BCUT2D eigenvalue weighted by molar-refractivity contribution is 7.09. The van der Waals surface area contributed by atoms with Crippen molar-refractivity contribution in [2.24, 2.45) is 17.6 Å². The van der Waals surface area contributed by atoms with E-state index in [2.05, 4.69) is 24.1 Å². The first-order valence-electron chi connectivity index (χ1n) is 6.48. The predicted molar refractivity (Wildman–Crippen MR) is 75.2 cm³/mol. The molecule has 0 saturated heterocycles. The summed E-state index contributed by atoms with van der Waals surface area (Å²) >= 11 is 1.56. The molecule has 1 unspecified atom stereocenters. The van der Waals surface area contributed by atoms with E-state index in [-0.39, 0.29) is 5.91 Å². The van der Waals surface area contributed by atoms with Gasteiger partial charge in [0.15, 0.2) is 0 Å². The molecule has 1 rings (SSSR count). The first kappa shape index (κ1) is 15.1. The fourth-order valence-electron chi connectivity index (χ4n) is 1.94. The third-order valence-electron chi connectivity index (χ3n) is 3.14. The molecular weight excluding hydrogens is 246 g/mol. The zero-order chi connectivity index (χ0) is 13.4. The highest BCUT2D eigenvalue weighted by Gasteiger charge is 2.14. The van der Waals surface area contributed by atoms with Gasteiger partial charge in [-0.25, -0.2) is 4.98 Å². The Morgan fingerprint density at radius 1 is 1.50 bits per heavy atom. The number of hydrogen-bond donors (Lipinski definition) is 2. The predicted octanol–water partition coefficient (Wildman–Crippen LogP) is 2.16. The minimum Gasteiger partial charge on any atom is -0.350 e. The van der Waals surface area contributed by atoms with Gasteiger partial charge >= 0.3 is 0 Å². The summed E-state index contributed by atoms with van der Waals surface area (Å²) < 4.78 is 0. The second-order valence-electron chi connectivity index (χ2n) is 4.82. The number of nitrogens with one attached hydrogen (secondary N) is 1. The average Bonchev–Trinajstić information content (AvgIpc) is 2.84. The number of aromatic nitrogens is 1. The molecule has 1 heterocycles. The van der Waals surface area contributed by atoms with Crippen molar-refractivity contribution in [3.05, 3.63) is 16.6 Å². The molecule has 1 amide bonds. The normalized spacial score (nSPS) is 12.7. The molecule has 1 aromatic rings. The van der Waals surface area contributed by atoms with Gasteiger partial charge in [0, 0.05) is 18.0 Å². The van der Waals surface area contributed by atoms with Crippen LogP contribution in [0.3, 0.4) is 0 Å². The van der Waals surface area contributed by atoms with Crippen molar-refractivity contribution >= 4 is 17.2 Å². The number of carbonyl (C=O) groups is 1. The molecule has 0 aliphatic carbocycles. The molecule has 0 aliphatic heterocycles. The maximum absolute atomic E-state index is 11.7. The van der Waals surface area contributed by atoms with Crippen molar-refractivity contribution in [3.63, 3.8) is 0 Å². The Morgan fingerprint density at radius 2 is 2.28 bits per heavy atom. The van der Waals surface area contributed by atoms with E-state index in [9.17, 15) is 4.79 Å². The summed E-state index contributed by atoms with van der Waals surface area (Å²) in [5, 5.41) is 5.76. The minimum absolute atomic E-state index is 0.105. The van der Waals surface area contributed by atoms with Gasteiger partial charge in [0.2, 0.25) is 5.91 Å². The van der Waals surface area contributed by atoms with Crippen LogP contribution in [0.1, 0.15) is 38.1 Å². The first-order valence-corrected chi connectivity index (χ1v) is 7.36. The molecule has 3 N–H and O–H groups in total. The molecule has 0 saturated carbocycles.